The number of hydrogen-bond donors (Lipinski definition) is 2. The summed E-state index contributed by atoms with van der Waals surface area (Å²) >= 11 is 0. The topological polar surface area (TPSA) is 76.7 Å². The van der Waals surface area contributed by atoms with E-state index in [1.54, 1.807) is 0 Å². The highest BCUT2D eigenvalue weighted by Crippen LogP contribution is 2.19. The van der Waals surface area contributed by atoms with Gasteiger partial charge in [-0.25, -0.2) is 0 Å². The van der Waals surface area contributed by atoms with Gasteiger partial charge in [0.05, 0.1) is 0 Å². The van der Waals surface area contributed by atoms with Crippen molar-refractivity contribution in [3.05, 3.63) is 5.82 Å². The second-order valence-electron chi connectivity index (χ2n) is 5.22. The van der Waals surface area contributed by atoms with E-state index >= 15 is 0 Å². The molecule has 0 bridgehead atoms. The zero-order valence-electron chi connectivity index (χ0n) is 11.2. The van der Waals surface area contributed by atoms with Gasteiger partial charge in [0.25, 0.3) is 0 Å². The first kappa shape index (κ1) is 13.7. The molecule has 0 saturated carbocycles. The van der Waals surface area contributed by atoms with E-state index in [0.29, 0.717) is 5.95 Å². The summed E-state index contributed by atoms with van der Waals surface area (Å²) in [6, 6.07) is 0. The molecule has 0 atom stereocenters. The van der Waals surface area contributed by atoms with Gasteiger partial charge in [-0.15, -0.1) is 0 Å². The lowest BCUT2D eigenvalue weighted by molar-refractivity contribution is 0.543. The molecule has 0 radical (unpaired) electrons. The van der Waals surface area contributed by atoms with Gasteiger partial charge >= 0.3 is 0 Å². The van der Waals surface area contributed by atoms with Gasteiger partial charge in [0.2, 0.25) is 11.9 Å². The van der Waals surface area contributed by atoms with Crippen LogP contribution in [0.3, 0.4) is 0 Å². The lowest BCUT2D eigenvalue weighted by Crippen LogP contribution is -2.19. The molecule has 0 amide bonds. The molecule has 1 rings (SSSR count). The van der Waals surface area contributed by atoms with E-state index < -0.39 is 0 Å². The molecule has 0 aliphatic carbocycles. The second-order valence-corrected chi connectivity index (χ2v) is 5.22. The van der Waals surface area contributed by atoms with E-state index in [2.05, 4.69) is 48.0 Å². The lowest BCUT2D eigenvalue weighted by Gasteiger charge is -2.17. The smallest absolute Gasteiger partial charge is 0.227 e. The van der Waals surface area contributed by atoms with Crippen molar-refractivity contribution in [1.82, 2.24) is 15.0 Å². The molecule has 5 nitrogen and oxygen atoms in total. The first-order valence-corrected chi connectivity index (χ1v) is 6.19. The zero-order chi connectivity index (χ0) is 12.9. The monoisotopic (exact) mass is 237 g/mol. The highest BCUT2D eigenvalue weighted by molar-refractivity contribution is 5.32. The predicted molar refractivity (Wildman–Crippen MR) is 71.0 cm³/mol. The van der Waals surface area contributed by atoms with Gasteiger partial charge in [0.15, 0.2) is 0 Å². The third-order valence-corrected chi connectivity index (χ3v) is 2.39. The molecule has 1 aromatic rings. The first-order valence-electron chi connectivity index (χ1n) is 6.19. The Morgan fingerprint density at radius 2 is 1.82 bits per heavy atom. The maximum Gasteiger partial charge on any atom is 0.227 e. The Morgan fingerprint density at radius 1 is 1.12 bits per heavy atom. The van der Waals surface area contributed by atoms with Crippen LogP contribution in [0.5, 0.6) is 0 Å². The minimum Gasteiger partial charge on any atom is -0.368 e. The number of nitrogens with two attached hydrogens (primary N) is 1. The fourth-order valence-corrected chi connectivity index (χ4v) is 1.38. The van der Waals surface area contributed by atoms with E-state index in [4.69, 9.17) is 5.73 Å². The molecule has 1 heterocycles. The fraction of sp³-hybridized carbons (Fsp3) is 0.750. The van der Waals surface area contributed by atoms with Gasteiger partial charge in [0.1, 0.15) is 5.82 Å². The summed E-state index contributed by atoms with van der Waals surface area (Å²) in [5.41, 5.74) is 5.57. The van der Waals surface area contributed by atoms with E-state index in [0.717, 1.165) is 18.8 Å². The second kappa shape index (κ2) is 5.80. The standard InChI is InChI=1S/C12H23N5/c1-5-6-7-8-14-11-16-9(12(2,3)4)15-10(13)17-11/h5-8H2,1-4H3,(H3,13,14,15,16,17). The van der Waals surface area contributed by atoms with Crippen LogP contribution in [-0.2, 0) is 5.41 Å². The van der Waals surface area contributed by atoms with Crippen LogP contribution < -0.4 is 11.1 Å². The normalized spacial score (nSPS) is 11.5. The Morgan fingerprint density at radius 3 is 2.41 bits per heavy atom. The molecule has 17 heavy (non-hydrogen) atoms. The minimum absolute atomic E-state index is 0.114. The van der Waals surface area contributed by atoms with Gasteiger partial charge in [0, 0.05) is 12.0 Å². The number of nitrogen functional groups attached to an aromatic ring is 1. The van der Waals surface area contributed by atoms with Crippen molar-refractivity contribution < 1.29 is 0 Å². The van der Waals surface area contributed by atoms with Crippen LogP contribution in [0.25, 0.3) is 0 Å². The molecule has 1 aromatic heterocycles. The minimum atomic E-state index is -0.114. The van der Waals surface area contributed by atoms with Gasteiger partial charge in [-0.05, 0) is 6.42 Å². The molecular weight excluding hydrogens is 214 g/mol. The van der Waals surface area contributed by atoms with Crippen LogP contribution in [0.4, 0.5) is 11.9 Å². The van der Waals surface area contributed by atoms with Crippen molar-refractivity contribution in [3.63, 3.8) is 0 Å². The lowest BCUT2D eigenvalue weighted by atomic mass is 9.96. The van der Waals surface area contributed by atoms with Crippen LogP contribution in [0.1, 0.15) is 52.8 Å². The summed E-state index contributed by atoms with van der Waals surface area (Å²) in [6.07, 6.45) is 3.53. The van der Waals surface area contributed by atoms with Gasteiger partial charge in [-0.1, -0.05) is 40.5 Å². The maximum atomic E-state index is 5.68. The largest absolute Gasteiger partial charge is 0.368 e. The van der Waals surface area contributed by atoms with E-state index in [9.17, 15) is 0 Å². The SMILES string of the molecule is CCCCCNc1nc(N)nc(C(C)(C)C)n1. The number of nitrogens with zero attached hydrogens (tertiary/aromatic N) is 3. The van der Waals surface area contributed by atoms with Crippen LogP contribution in [0.15, 0.2) is 0 Å². The highest BCUT2D eigenvalue weighted by atomic mass is 15.2. The first-order chi connectivity index (χ1) is 7.93. The molecule has 0 aromatic carbocycles. The molecule has 3 N–H and O–H groups in total. The summed E-state index contributed by atoms with van der Waals surface area (Å²) in [5.74, 6) is 1.59. The molecule has 96 valence electrons. The van der Waals surface area contributed by atoms with Crippen LogP contribution in [0, 0.1) is 0 Å². The quantitative estimate of drug-likeness (QED) is 0.769. The fourth-order valence-electron chi connectivity index (χ4n) is 1.38. The number of unbranched alkanes of at least 4 members (excludes halogenated alkanes) is 2. The molecule has 0 aliphatic heterocycles. The van der Waals surface area contributed by atoms with Crippen molar-refractivity contribution in [2.24, 2.45) is 0 Å². The van der Waals surface area contributed by atoms with Crippen LogP contribution in [0.2, 0.25) is 0 Å². The molecule has 0 unspecified atom stereocenters. The number of aromatic nitrogens is 3. The van der Waals surface area contributed by atoms with E-state index in [1.807, 2.05) is 0 Å². The summed E-state index contributed by atoms with van der Waals surface area (Å²) in [4.78, 5) is 12.6. The summed E-state index contributed by atoms with van der Waals surface area (Å²) in [7, 11) is 0. The van der Waals surface area contributed by atoms with Gasteiger partial charge in [-0.3, -0.25) is 0 Å². The Balaban J connectivity index is 2.69. The Bertz CT molecular complexity index is 356. The molecule has 0 spiro atoms. The third kappa shape index (κ3) is 4.54. The average molecular weight is 237 g/mol. The summed E-state index contributed by atoms with van der Waals surface area (Å²) in [5, 5.41) is 3.19. The van der Waals surface area contributed by atoms with Crippen LogP contribution >= 0.6 is 0 Å². The molecule has 5 heteroatoms. The van der Waals surface area contributed by atoms with E-state index in [-0.39, 0.29) is 11.4 Å². The summed E-state index contributed by atoms with van der Waals surface area (Å²) in [6.45, 7) is 9.23. The summed E-state index contributed by atoms with van der Waals surface area (Å²) < 4.78 is 0. The highest BCUT2D eigenvalue weighted by Gasteiger charge is 2.19. The average Bonchev–Trinajstić information content (AvgIpc) is 2.22. The van der Waals surface area contributed by atoms with E-state index in [1.165, 1.54) is 12.8 Å². The van der Waals surface area contributed by atoms with Gasteiger partial charge < -0.3 is 11.1 Å². The van der Waals surface area contributed by atoms with Crippen molar-refractivity contribution in [3.8, 4) is 0 Å². The predicted octanol–water partition coefficient (Wildman–Crippen LogP) is 2.35. The number of anilines is 2. The van der Waals surface area contributed by atoms with Crippen LogP contribution in [-0.4, -0.2) is 21.5 Å². The Hall–Kier alpha value is -1.39. The van der Waals surface area contributed by atoms with Crippen molar-refractivity contribution >= 4 is 11.9 Å². The van der Waals surface area contributed by atoms with Gasteiger partial charge in [-0.2, -0.15) is 15.0 Å². The zero-order valence-corrected chi connectivity index (χ0v) is 11.2. The molecule has 0 fully saturated rings. The maximum absolute atomic E-state index is 5.68. The van der Waals surface area contributed by atoms with Crippen molar-refractivity contribution in [1.29, 1.82) is 0 Å². The Kier molecular flexibility index (Phi) is 4.66. The number of rotatable bonds is 5. The molecule has 0 saturated heterocycles. The van der Waals surface area contributed by atoms with Crippen molar-refractivity contribution in [2.45, 2.75) is 52.4 Å². The molecule has 0 aliphatic rings. The number of hydrogen-bond acceptors (Lipinski definition) is 5. The third-order valence-electron chi connectivity index (χ3n) is 2.39. The Labute approximate surface area is 103 Å². The number of nitrogens with one attached hydrogen (secondary N) is 1. The van der Waals surface area contributed by atoms with Crippen molar-refractivity contribution in [2.75, 3.05) is 17.6 Å². The molecular formula is C12H23N5.